The van der Waals surface area contributed by atoms with Crippen molar-refractivity contribution in [1.29, 1.82) is 5.26 Å². The summed E-state index contributed by atoms with van der Waals surface area (Å²) in [5.41, 5.74) is 4.02. The number of amides is 1. The van der Waals surface area contributed by atoms with Gasteiger partial charge in [0.1, 0.15) is 0 Å². The number of likely N-dealkylation sites (N-methyl/N-ethyl adjacent to an activating group) is 1. The second-order valence-electron chi connectivity index (χ2n) is 7.23. The zero-order chi connectivity index (χ0) is 21.1. The summed E-state index contributed by atoms with van der Waals surface area (Å²) >= 11 is 0. The van der Waals surface area contributed by atoms with Gasteiger partial charge in [0, 0.05) is 41.8 Å². The van der Waals surface area contributed by atoms with Crippen LogP contribution < -0.4 is 5.32 Å². The molecule has 0 saturated heterocycles. The maximum atomic E-state index is 13.0. The number of benzene rings is 2. The van der Waals surface area contributed by atoms with Crippen LogP contribution in [0.25, 0.3) is 10.9 Å². The molecule has 0 atom stereocenters. The van der Waals surface area contributed by atoms with Crippen LogP contribution in [0.15, 0.2) is 48.5 Å². The molecule has 0 spiro atoms. The lowest BCUT2D eigenvalue weighted by molar-refractivity contribution is -0.119. The van der Waals surface area contributed by atoms with Gasteiger partial charge in [-0.25, -0.2) is 4.79 Å². The van der Waals surface area contributed by atoms with Gasteiger partial charge in [0.25, 0.3) is 5.91 Å². The van der Waals surface area contributed by atoms with E-state index < -0.39 is 18.5 Å². The van der Waals surface area contributed by atoms with Crippen LogP contribution >= 0.6 is 0 Å². The molecule has 1 aliphatic heterocycles. The average molecular weight is 400 g/mol. The summed E-state index contributed by atoms with van der Waals surface area (Å²) in [6, 6.07) is 16.0. The van der Waals surface area contributed by atoms with Gasteiger partial charge < -0.3 is 15.0 Å². The number of esters is 1. The molecule has 1 amide bonds. The van der Waals surface area contributed by atoms with Crippen LogP contribution in [-0.2, 0) is 22.5 Å². The molecule has 1 aromatic heterocycles. The van der Waals surface area contributed by atoms with Crippen molar-refractivity contribution in [1.82, 2.24) is 9.88 Å². The lowest BCUT2D eigenvalue weighted by Gasteiger charge is -2.26. The number of aromatic nitrogens is 1. The Bertz CT molecular complexity index is 1170. The molecule has 0 saturated carbocycles. The van der Waals surface area contributed by atoms with Crippen molar-refractivity contribution in [3.8, 4) is 6.07 Å². The molecule has 7 nitrogen and oxygen atoms in total. The molecule has 3 aromatic rings. The zero-order valence-corrected chi connectivity index (χ0v) is 16.5. The molecule has 1 N–H and O–H groups in total. The van der Waals surface area contributed by atoms with Crippen molar-refractivity contribution in [2.45, 2.75) is 13.0 Å². The Morgan fingerprint density at radius 2 is 1.97 bits per heavy atom. The van der Waals surface area contributed by atoms with Crippen molar-refractivity contribution in [3.63, 3.8) is 0 Å². The van der Waals surface area contributed by atoms with Crippen LogP contribution in [0, 0.1) is 11.3 Å². The molecule has 0 bridgehead atoms. The number of nitrogens with one attached hydrogen (secondary N) is 1. The van der Waals surface area contributed by atoms with Gasteiger partial charge in [-0.15, -0.1) is 0 Å². The molecular formula is C23H20N4O3. The number of para-hydroxylation sites is 1. The first-order valence-corrected chi connectivity index (χ1v) is 9.61. The largest absolute Gasteiger partial charge is 0.452 e. The second kappa shape index (κ2) is 8.31. The minimum absolute atomic E-state index is 0.403. The van der Waals surface area contributed by atoms with E-state index in [0.29, 0.717) is 23.4 Å². The number of anilines is 1. The topological polar surface area (TPSA) is 95.3 Å². The highest BCUT2D eigenvalue weighted by molar-refractivity contribution is 6.06. The Balaban J connectivity index is 1.53. The molecule has 4 rings (SSSR count). The summed E-state index contributed by atoms with van der Waals surface area (Å²) in [5.74, 6) is -0.979. The molecule has 30 heavy (non-hydrogen) atoms. The highest BCUT2D eigenvalue weighted by Gasteiger charge is 2.25. The van der Waals surface area contributed by atoms with Crippen LogP contribution in [0.2, 0.25) is 0 Å². The number of fused-ring (bicyclic) bond motifs is 2. The number of pyridine rings is 1. The van der Waals surface area contributed by atoms with Gasteiger partial charge in [-0.1, -0.05) is 18.2 Å². The number of carbonyl (C=O) groups is 2. The van der Waals surface area contributed by atoms with Gasteiger partial charge in [0.2, 0.25) is 0 Å². The van der Waals surface area contributed by atoms with E-state index >= 15 is 0 Å². The Hall–Kier alpha value is -3.76. The smallest absolute Gasteiger partial charge is 0.339 e. The summed E-state index contributed by atoms with van der Waals surface area (Å²) in [6.45, 7) is 1.08. The monoisotopic (exact) mass is 400 g/mol. The Kier molecular flexibility index (Phi) is 5.42. The summed E-state index contributed by atoms with van der Waals surface area (Å²) in [4.78, 5) is 32.1. The fraction of sp³-hybridized carbons (Fsp3) is 0.217. The highest BCUT2D eigenvalue weighted by Crippen LogP contribution is 2.28. The predicted molar refractivity (Wildman–Crippen MR) is 112 cm³/mol. The summed E-state index contributed by atoms with van der Waals surface area (Å²) < 4.78 is 5.37. The maximum absolute atomic E-state index is 13.0. The lowest BCUT2D eigenvalue weighted by atomic mass is 9.96. The quantitative estimate of drug-likeness (QED) is 0.677. The first-order valence-electron chi connectivity index (χ1n) is 9.61. The van der Waals surface area contributed by atoms with Crippen molar-refractivity contribution in [2.24, 2.45) is 0 Å². The van der Waals surface area contributed by atoms with Crippen LogP contribution in [-0.4, -0.2) is 42.0 Å². The van der Waals surface area contributed by atoms with Gasteiger partial charge in [0.05, 0.1) is 22.7 Å². The van der Waals surface area contributed by atoms with Gasteiger partial charge in [0.15, 0.2) is 6.61 Å². The Morgan fingerprint density at radius 3 is 2.73 bits per heavy atom. The van der Waals surface area contributed by atoms with Gasteiger partial charge in [-0.3, -0.25) is 9.78 Å². The van der Waals surface area contributed by atoms with E-state index in [1.807, 2.05) is 37.4 Å². The van der Waals surface area contributed by atoms with Crippen LogP contribution in [0.1, 0.15) is 27.2 Å². The van der Waals surface area contributed by atoms with Crippen molar-refractivity contribution in [2.75, 3.05) is 25.5 Å². The number of hydrogen-bond donors (Lipinski definition) is 1. The number of carbonyl (C=O) groups excluding carboxylic acids is 2. The van der Waals surface area contributed by atoms with Crippen LogP contribution in [0.4, 0.5) is 5.69 Å². The average Bonchev–Trinajstić information content (AvgIpc) is 2.76. The molecule has 7 heteroatoms. The SMILES string of the molecule is CN1CCc2nc3ccccc3c(C(=O)OCC(=O)Nc3ccc(C#N)cc3)c2C1. The van der Waals surface area contributed by atoms with Crippen LogP contribution in [0.5, 0.6) is 0 Å². The van der Waals surface area contributed by atoms with Crippen molar-refractivity contribution >= 4 is 28.5 Å². The van der Waals surface area contributed by atoms with E-state index in [1.54, 1.807) is 24.3 Å². The van der Waals surface area contributed by atoms with Crippen LogP contribution in [0.3, 0.4) is 0 Å². The van der Waals surface area contributed by atoms with E-state index in [4.69, 9.17) is 15.0 Å². The van der Waals surface area contributed by atoms with Gasteiger partial charge in [-0.05, 0) is 37.4 Å². The Morgan fingerprint density at radius 1 is 1.20 bits per heavy atom. The lowest BCUT2D eigenvalue weighted by Crippen LogP contribution is -2.30. The molecule has 0 aliphatic carbocycles. The van der Waals surface area contributed by atoms with E-state index in [0.717, 1.165) is 35.1 Å². The fourth-order valence-electron chi connectivity index (χ4n) is 3.59. The normalized spacial score (nSPS) is 13.3. The first-order chi connectivity index (χ1) is 14.5. The molecule has 1 aliphatic rings. The second-order valence-corrected chi connectivity index (χ2v) is 7.23. The van der Waals surface area contributed by atoms with Crippen molar-refractivity contribution < 1.29 is 14.3 Å². The summed E-state index contributed by atoms with van der Waals surface area (Å²) in [7, 11) is 2.00. The zero-order valence-electron chi connectivity index (χ0n) is 16.5. The molecule has 150 valence electrons. The third-order valence-corrected chi connectivity index (χ3v) is 5.07. The van der Waals surface area contributed by atoms with E-state index in [-0.39, 0.29) is 0 Å². The number of rotatable bonds is 4. The van der Waals surface area contributed by atoms with Crippen molar-refractivity contribution in [3.05, 3.63) is 70.9 Å². The molecule has 0 radical (unpaired) electrons. The van der Waals surface area contributed by atoms with E-state index in [1.165, 1.54) is 0 Å². The Labute approximate surface area is 173 Å². The standard InChI is InChI=1S/C23H20N4O3/c1-27-11-10-20-18(13-27)22(17-4-2-3-5-19(17)26-20)23(29)30-14-21(28)25-16-8-6-15(12-24)7-9-16/h2-9H,10-11,13-14H2,1H3,(H,25,28). The van der Waals surface area contributed by atoms with Gasteiger partial charge in [-0.2, -0.15) is 5.26 Å². The van der Waals surface area contributed by atoms with E-state index in [9.17, 15) is 9.59 Å². The highest BCUT2D eigenvalue weighted by atomic mass is 16.5. The third-order valence-electron chi connectivity index (χ3n) is 5.07. The minimum Gasteiger partial charge on any atom is -0.452 e. The predicted octanol–water partition coefficient (Wildman–Crippen LogP) is 2.89. The number of hydrogen-bond acceptors (Lipinski definition) is 6. The molecule has 2 aromatic carbocycles. The molecule has 0 unspecified atom stereocenters. The fourth-order valence-corrected chi connectivity index (χ4v) is 3.59. The molecular weight excluding hydrogens is 380 g/mol. The number of ether oxygens (including phenoxy) is 1. The first kappa shape index (κ1) is 19.6. The summed E-state index contributed by atoms with van der Waals surface area (Å²) in [6.07, 6.45) is 0.760. The van der Waals surface area contributed by atoms with E-state index in [2.05, 4.69) is 10.2 Å². The number of nitriles is 1. The summed E-state index contributed by atoms with van der Waals surface area (Å²) in [5, 5.41) is 12.2. The number of nitrogens with zero attached hydrogens (tertiary/aromatic N) is 3. The minimum atomic E-state index is -0.532. The molecule has 2 heterocycles. The molecule has 0 fully saturated rings. The third kappa shape index (κ3) is 4.00. The maximum Gasteiger partial charge on any atom is 0.339 e. The van der Waals surface area contributed by atoms with Gasteiger partial charge >= 0.3 is 5.97 Å².